The van der Waals surface area contributed by atoms with Gasteiger partial charge in [-0.2, -0.15) is 0 Å². The highest BCUT2D eigenvalue weighted by atomic mass is 19.1. The van der Waals surface area contributed by atoms with E-state index in [0.29, 0.717) is 12.1 Å². The number of hydrogen-bond donors (Lipinski definition) is 2. The van der Waals surface area contributed by atoms with E-state index in [0.717, 1.165) is 28.3 Å². The zero-order valence-corrected chi connectivity index (χ0v) is 18.2. The zero-order chi connectivity index (χ0) is 23.5. The van der Waals surface area contributed by atoms with Gasteiger partial charge in [-0.3, -0.25) is 10.1 Å². The molecule has 0 heterocycles. The van der Waals surface area contributed by atoms with Gasteiger partial charge in [-0.15, -0.1) is 0 Å². The first-order chi connectivity index (χ1) is 16.6. The molecule has 1 aliphatic carbocycles. The molecule has 0 unspecified atom stereocenters. The van der Waals surface area contributed by atoms with Gasteiger partial charge in [0.05, 0.1) is 0 Å². The maximum atomic E-state index is 14.6. The van der Waals surface area contributed by atoms with E-state index in [4.69, 9.17) is 4.74 Å². The topological polar surface area (TPSA) is 67.4 Å². The molecule has 0 bridgehead atoms. The van der Waals surface area contributed by atoms with E-state index in [9.17, 15) is 14.0 Å². The van der Waals surface area contributed by atoms with Gasteiger partial charge >= 0.3 is 6.03 Å². The number of imide groups is 1. The molecule has 6 heteroatoms. The molecule has 168 valence electrons. The molecule has 4 aromatic rings. The van der Waals surface area contributed by atoms with Gasteiger partial charge in [0.2, 0.25) is 0 Å². The molecule has 0 spiro atoms. The van der Waals surface area contributed by atoms with Crippen LogP contribution in [0.1, 0.15) is 27.0 Å². The number of anilines is 1. The number of rotatable bonds is 5. The Morgan fingerprint density at radius 3 is 2.41 bits per heavy atom. The van der Waals surface area contributed by atoms with Crippen molar-refractivity contribution in [2.45, 2.75) is 13.0 Å². The first kappa shape index (κ1) is 21.4. The first-order valence-corrected chi connectivity index (χ1v) is 10.9. The molecule has 0 saturated carbocycles. The van der Waals surface area contributed by atoms with Gasteiger partial charge in [0, 0.05) is 12.1 Å². The second-order valence-corrected chi connectivity index (χ2v) is 7.96. The second kappa shape index (κ2) is 9.19. The maximum absolute atomic E-state index is 14.6. The van der Waals surface area contributed by atoms with Crippen LogP contribution in [0.4, 0.5) is 14.9 Å². The molecule has 0 saturated heterocycles. The lowest BCUT2D eigenvalue weighted by Crippen LogP contribution is -2.35. The summed E-state index contributed by atoms with van der Waals surface area (Å²) in [7, 11) is 0. The number of fused-ring (bicyclic) bond motifs is 3. The van der Waals surface area contributed by atoms with Crippen LogP contribution < -0.4 is 15.4 Å². The molecule has 2 N–H and O–H groups in total. The van der Waals surface area contributed by atoms with Crippen LogP contribution in [0.25, 0.3) is 11.1 Å². The van der Waals surface area contributed by atoms with Crippen molar-refractivity contribution in [1.82, 2.24) is 5.32 Å². The van der Waals surface area contributed by atoms with E-state index in [1.807, 2.05) is 60.7 Å². The van der Waals surface area contributed by atoms with Gasteiger partial charge in [0.15, 0.2) is 0 Å². The minimum absolute atomic E-state index is 0.0604. The van der Waals surface area contributed by atoms with Crippen molar-refractivity contribution in [3.05, 3.63) is 119 Å². The van der Waals surface area contributed by atoms with E-state index < -0.39 is 17.8 Å². The predicted octanol–water partition coefficient (Wildman–Crippen LogP) is 5.94. The van der Waals surface area contributed by atoms with Crippen molar-refractivity contribution in [3.8, 4) is 16.9 Å². The number of carbonyl (C=O) groups is 2. The number of benzene rings is 4. The Balaban J connectivity index is 1.31. The zero-order valence-electron chi connectivity index (χ0n) is 18.2. The fourth-order valence-corrected chi connectivity index (χ4v) is 4.17. The molecule has 5 rings (SSSR count). The van der Waals surface area contributed by atoms with Crippen molar-refractivity contribution in [2.75, 3.05) is 5.32 Å². The van der Waals surface area contributed by atoms with E-state index in [-0.39, 0.29) is 17.9 Å². The molecule has 34 heavy (non-hydrogen) atoms. The number of ether oxygens (including phenoxy) is 1. The molecule has 3 amide bonds. The van der Waals surface area contributed by atoms with Crippen LogP contribution in [-0.4, -0.2) is 11.9 Å². The Morgan fingerprint density at radius 2 is 1.56 bits per heavy atom. The molecule has 0 aliphatic heterocycles. The lowest BCUT2D eigenvalue weighted by atomic mass is 10.1. The third kappa shape index (κ3) is 4.26. The van der Waals surface area contributed by atoms with E-state index in [2.05, 4.69) is 16.7 Å². The summed E-state index contributed by atoms with van der Waals surface area (Å²) in [6.07, 6.45) is 0.681. The molecule has 0 radical (unpaired) electrons. The van der Waals surface area contributed by atoms with Gasteiger partial charge in [0.25, 0.3) is 5.91 Å². The third-order valence-electron chi connectivity index (χ3n) is 5.77. The maximum Gasteiger partial charge on any atom is 0.326 e. The number of carbonyl (C=O) groups excluding carboxylic acids is 2. The number of halogens is 1. The Hall–Kier alpha value is -4.45. The Labute approximate surface area is 196 Å². The summed E-state index contributed by atoms with van der Waals surface area (Å²) in [5.41, 5.74) is 5.48. The molecule has 0 atom stereocenters. The fraction of sp³-hybridized carbons (Fsp3) is 0.0714. The van der Waals surface area contributed by atoms with Crippen molar-refractivity contribution < 1.29 is 18.7 Å². The van der Waals surface area contributed by atoms with Crippen molar-refractivity contribution in [1.29, 1.82) is 0 Å². The Morgan fingerprint density at radius 1 is 0.824 bits per heavy atom. The van der Waals surface area contributed by atoms with Crippen LogP contribution >= 0.6 is 0 Å². The van der Waals surface area contributed by atoms with Crippen molar-refractivity contribution in [2.24, 2.45) is 0 Å². The molecule has 0 fully saturated rings. The van der Waals surface area contributed by atoms with E-state index in [1.165, 1.54) is 17.7 Å². The highest BCUT2D eigenvalue weighted by molar-refractivity contribution is 6.09. The molecule has 4 aromatic carbocycles. The van der Waals surface area contributed by atoms with Gasteiger partial charge in [0.1, 0.15) is 23.7 Å². The van der Waals surface area contributed by atoms with Gasteiger partial charge in [-0.1, -0.05) is 72.8 Å². The van der Waals surface area contributed by atoms with Crippen LogP contribution in [0.3, 0.4) is 0 Å². The van der Waals surface area contributed by atoms with Crippen LogP contribution in [0, 0.1) is 5.82 Å². The second-order valence-electron chi connectivity index (χ2n) is 7.96. The van der Waals surface area contributed by atoms with Crippen molar-refractivity contribution in [3.63, 3.8) is 0 Å². The first-order valence-electron chi connectivity index (χ1n) is 10.9. The SMILES string of the molecule is O=C(NC(=O)c1c(F)cccc1OCc1ccccc1)Nc1cccc2c1Cc1ccccc1-2. The monoisotopic (exact) mass is 452 g/mol. The highest BCUT2D eigenvalue weighted by Crippen LogP contribution is 2.39. The van der Waals surface area contributed by atoms with Gasteiger partial charge in [-0.05, 0) is 46.0 Å². The highest BCUT2D eigenvalue weighted by Gasteiger charge is 2.23. The van der Waals surface area contributed by atoms with Crippen LogP contribution in [0.15, 0.2) is 91.0 Å². The van der Waals surface area contributed by atoms with E-state index in [1.54, 1.807) is 6.07 Å². The molecule has 1 aliphatic rings. The fourth-order valence-electron chi connectivity index (χ4n) is 4.17. The number of hydrogen-bond acceptors (Lipinski definition) is 3. The van der Waals surface area contributed by atoms with Gasteiger partial charge < -0.3 is 10.1 Å². The average molecular weight is 452 g/mol. The normalized spacial score (nSPS) is 11.3. The summed E-state index contributed by atoms with van der Waals surface area (Å²) in [6, 6.07) is 26.4. The minimum atomic E-state index is -0.880. The third-order valence-corrected chi connectivity index (χ3v) is 5.77. The Bertz CT molecular complexity index is 1390. The Kier molecular flexibility index (Phi) is 5.79. The smallest absolute Gasteiger partial charge is 0.326 e. The van der Waals surface area contributed by atoms with E-state index >= 15 is 0 Å². The average Bonchev–Trinajstić information content (AvgIpc) is 3.23. The summed E-state index contributed by atoms with van der Waals surface area (Å²) < 4.78 is 20.3. The summed E-state index contributed by atoms with van der Waals surface area (Å²) >= 11 is 0. The molecule has 5 nitrogen and oxygen atoms in total. The van der Waals surface area contributed by atoms with Gasteiger partial charge in [-0.25, -0.2) is 9.18 Å². The lowest BCUT2D eigenvalue weighted by molar-refractivity contribution is 0.0958. The standard InChI is InChI=1S/C28H21FN2O3/c29-23-13-7-15-25(34-17-18-8-2-1-3-9-18)26(23)27(32)31-28(33)30-24-14-6-12-21-20-11-5-4-10-19(20)16-22(21)24/h1-15H,16-17H2,(H2,30,31,32,33). The van der Waals surface area contributed by atoms with Crippen LogP contribution in [0.2, 0.25) is 0 Å². The predicted molar refractivity (Wildman–Crippen MR) is 128 cm³/mol. The summed E-state index contributed by atoms with van der Waals surface area (Å²) in [4.78, 5) is 25.5. The quantitative estimate of drug-likeness (QED) is 0.347. The van der Waals surface area contributed by atoms with Crippen LogP contribution in [0.5, 0.6) is 5.75 Å². The number of nitrogens with one attached hydrogen (secondary N) is 2. The molecular weight excluding hydrogens is 431 g/mol. The van der Waals surface area contributed by atoms with Crippen LogP contribution in [-0.2, 0) is 13.0 Å². The minimum Gasteiger partial charge on any atom is -0.488 e. The number of amides is 3. The number of urea groups is 1. The summed E-state index contributed by atoms with van der Waals surface area (Å²) in [5.74, 6) is -1.59. The molecular formula is C28H21FN2O3. The van der Waals surface area contributed by atoms with Crippen molar-refractivity contribution >= 4 is 17.6 Å². The lowest BCUT2D eigenvalue weighted by Gasteiger charge is -2.14. The largest absolute Gasteiger partial charge is 0.488 e. The molecule has 0 aromatic heterocycles. The summed E-state index contributed by atoms with van der Waals surface area (Å²) in [5, 5.41) is 4.97. The summed E-state index contributed by atoms with van der Waals surface area (Å²) in [6.45, 7) is 0.160.